The molecule has 0 spiro atoms. The third-order valence-corrected chi connectivity index (χ3v) is 7.85. The van der Waals surface area contributed by atoms with E-state index in [0.717, 1.165) is 17.7 Å². The predicted octanol–water partition coefficient (Wildman–Crippen LogP) is 2.92. The lowest BCUT2D eigenvalue weighted by atomic mass is 9.81. The SMILES string of the molecule is COc1ccccc1NS(=O)(=O)c1cc(NC(=O)CN2C(=O)[C@H]3CCCC[C@@H]3C2=O)ccc1C. The van der Waals surface area contributed by atoms with E-state index in [1.165, 1.54) is 13.2 Å². The van der Waals surface area contributed by atoms with Crippen molar-refractivity contribution in [1.29, 1.82) is 0 Å². The zero-order valence-electron chi connectivity index (χ0n) is 19.0. The maximum atomic E-state index is 13.1. The fourth-order valence-electron chi connectivity index (χ4n) is 4.63. The molecular formula is C24H27N3O6S. The second kappa shape index (κ2) is 9.46. The van der Waals surface area contributed by atoms with E-state index in [4.69, 9.17) is 4.74 Å². The fourth-order valence-corrected chi connectivity index (χ4v) is 5.97. The minimum absolute atomic E-state index is 0.0180. The van der Waals surface area contributed by atoms with E-state index in [9.17, 15) is 22.8 Å². The molecule has 10 heteroatoms. The van der Waals surface area contributed by atoms with Crippen LogP contribution in [0.2, 0.25) is 0 Å². The Balaban J connectivity index is 1.49. The molecule has 1 heterocycles. The van der Waals surface area contributed by atoms with Crippen molar-refractivity contribution in [1.82, 2.24) is 4.90 Å². The van der Waals surface area contributed by atoms with E-state index < -0.39 is 15.9 Å². The van der Waals surface area contributed by atoms with Crippen molar-refractivity contribution in [2.45, 2.75) is 37.5 Å². The minimum atomic E-state index is -3.99. The first kappa shape index (κ1) is 23.7. The molecule has 3 amide bonds. The van der Waals surface area contributed by atoms with Gasteiger partial charge >= 0.3 is 0 Å². The van der Waals surface area contributed by atoms with Gasteiger partial charge in [0.05, 0.1) is 29.5 Å². The number of rotatable bonds is 7. The van der Waals surface area contributed by atoms with Gasteiger partial charge in [0.1, 0.15) is 12.3 Å². The van der Waals surface area contributed by atoms with Gasteiger partial charge in [0, 0.05) is 5.69 Å². The fraction of sp³-hybridized carbons (Fsp3) is 0.375. The van der Waals surface area contributed by atoms with Crippen LogP contribution in [0.15, 0.2) is 47.4 Å². The summed E-state index contributed by atoms with van der Waals surface area (Å²) in [4.78, 5) is 38.9. The number of methoxy groups -OCH3 is 1. The van der Waals surface area contributed by atoms with Crippen LogP contribution in [0.3, 0.4) is 0 Å². The average Bonchev–Trinajstić information content (AvgIpc) is 3.05. The van der Waals surface area contributed by atoms with E-state index in [0.29, 0.717) is 24.2 Å². The molecule has 2 atom stereocenters. The Hall–Kier alpha value is -3.40. The number of benzene rings is 2. The third kappa shape index (κ3) is 4.63. The molecule has 0 radical (unpaired) electrons. The first-order valence-electron chi connectivity index (χ1n) is 11.1. The Kier molecular flexibility index (Phi) is 6.60. The second-order valence-electron chi connectivity index (χ2n) is 8.59. The predicted molar refractivity (Wildman–Crippen MR) is 126 cm³/mol. The van der Waals surface area contributed by atoms with E-state index in [1.54, 1.807) is 43.3 Å². The van der Waals surface area contributed by atoms with Crippen LogP contribution >= 0.6 is 0 Å². The molecule has 34 heavy (non-hydrogen) atoms. The lowest BCUT2D eigenvalue weighted by Gasteiger charge is -2.19. The molecule has 4 rings (SSSR count). The summed E-state index contributed by atoms with van der Waals surface area (Å²) in [6.45, 7) is 1.26. The van der Waals surface area contributed by atoms with Crippen LogP contribution in [0.5, 0.6) is 5.75 Å². The van der Waals surface area contributed by atoms with Gasteiger partial charge in [-0.15, -0.1) is 0 Å². The van der Waals surface area contributed by atoms with Crippen molar-refractivity contribution >= 4 is 39.1 Å². The molecule has 0 unspecified atom stereocenters. The molecule has 1 aliphatic heterocycles. The molecule has 1 saturated carbocycles. The Labute approximate surface area is 198 Å². The standard InChI is InChI=1S/C24H27N3O6S/c1-15-11-12-16(13-21(15)34(31,32)26-19-9-5-6-10-20(19)33-2)25-22(28)14-27-23(29)17-7-3-4-8-18(17)24(27)30/h5-6,9-13,17-18,26H,3-4,7-8,14H2,1-2H3,(H,25,28)/t17-,18-/m0/s1. The largest absolute Gasteiger partial charge is 0.495 e. The van der Waals surface area contributed by atoms with E-state index in [2.05, 4.69) is 10.0 Å². The molecule has 2 aromatic rings. The summed E-state index contributed by atoms with van der Waals surface area (Å²) >= 11 is 0. The highest BCUT2D eigenvalue weighted by Crippen LogP contribution is 2.38. The smallest absolute Gasteiger partial charge is 0.262 e. The van der Waals surface area contributed by atoms with E-state index >= 15 is 0 Å². The van der Waals surface area contributed by atoms with Crippen LogP contribution in [0, 0.1) is 18.8 Å². The number of hydrogen-bond donors (Lipinski definition) is 2. The highest BCUT2D eigenvalue weighted by molar-refractivity contribution is 7.92. The number of amides is 3. The molecule has 180 valence electrons. The molecule has 2 fully saturated rings. The van der Waals surface area contributed by atoms with Gasteiger partial charge in [0.15, 0.2) is 0 Å². The summed E-state index contributed by atoms with van der Waals surface area (Å²) < 4.78 is 33.8. The molecule has 0 bridgehead atoms. The lowest BCUT2D eigenvalue weighted by molar-refractivity contribution is -0.142. The Morgan fingerprint density at radius 1 is 1.06 bits per heavy atom. The maximum absolute atomic E-state index is 13.1. The van der Waals surface area contributed by atoms with Crippen LogP contribution in [0.4, 0.5) is 11.4 Å². The van der Waals surface area contributed by atoms with E-state index in [-0.39, 0.29) is 46.5 Å². The first-order chi connectivity index (χ1) is 16.2. The molecule has 0 aromatic heterocycles. The van der Waals surface area contributed by atoms with Crippen LogP contribution < -0.4 is 14.8 Å². The summed E-state index contributed by atoms with van der Waals surface area (Å²) in [5.74, 6) is -1.44. The van der Waals surface area contributed by atoms with Crippen LogP contribution in [0.1, 0.15) is 31.2 Å². The number of nitrogens with one attached hydrogen (secondary N) is 2. The summed E-state index contributed by atoms with van der Waals surface area (Å²) in [5, 5.41) is 2.62. The van der Waals surface area contributed by atoms with Crippen LogP contribution in [0.25, 0.3) is 0 Å². The Morgan fingerprint density at radius 2 is 1.71 bits per heavy atom. The van der Waals surface area contributed by atoms with Gasteiger partial charge in [-0.1, -0.05) is 31.0 Å². The number of ether oxygens (including phenoxy) is 1. The number of carbonyl (C=O) groups is 3. The molecule has 1 aliphatic carbocycles. The number of imide groups is 1. The van der Waals surface area contributed by atoms with Crippen molar-refractivity contribution in [3.8, 4) is 5.75 Å². The highest BCUT2D eigenvalue weighted by Gasteiger charge is 2.48. The molecule has 2 aromatic carbocycles. The Morgan fingerprint density at radius 3 is 2.35 bits per heavy atom. The number of aryl methyl sites for hydroxylation is 1. The van der Waals surface area contributed by atoms with Gasteiger partial charge < -0.3 is 10.1 Å². The lowest BCUT2D eigenvalue weighted by Crippen LogP contribution is -2.38. The van der Waals surface area contributed by atoms with Crippen molar-refractivity contribution in [3.05, 3.63) is 48.0 Å². The topological polar surface area (TPSA) is 122 Å². The number of anilines is 2. The normalized spacial score (nSPS) is 20.1. The molecule has 2 aliphatic rings. The van der Waals surface area contributed by atoms with Crippen molar-refractivity contribution in [2.75, 3.05) is 23.7 Å². The van der Waals surface area contributed by atoms with E-state index in [1.807, 2.05) is 0 Å². The number of fused-ring (bicyclic) bond motifs is 1. The molecule has 9 nitrogen and oxygen atoms in total. The number of nitrogens with zero attached hydrogens (tertiary/aromatic N) is 1. The third-order valence-electron chi connectivity index (χ3n) is 6.35. The van der Waals surface area contributed by atoms with Gasteiger partial charge in [-0.3, -0.25) is 24.0 Å². The van der Waals surface area contributed by atoms with Crippen LogP contribution in [-0.2, 0) is 24.4 Å². The minimum Gasteiger partial charge on any atom is -0.495 e. The zero-order chi connectivity index (χ0) is 24.5. The number of likely N-dealkylation sites (tertiary alicyclic amines) is 1. The van der Waals surface area contributed by atoms with Gasteiger partial charge in [-0.05, 0) is 49.6 Å². The highest BCUT2D eigenvalue weighted by atomic mass is 32.2. The van der Waals surface area contributed by atoms with Gasteiger partial charge in [-0.2, -0.15) is 0 Å². The number of para-hydroxylation sites is 2. The number of sulfonamides is 1. The second-order valence-corrected chi connectivity index (χ2v) is 10.2. The number of carbonyl (C=O) groups excluding carboxylic acids is 3. The summed E-state index contributed by atoms with van der Waals surface area (Å²) in [5.41, 5.74) is 1.01. The van der Waals surface area contributed by atoms with Crippen molar-refractivity contribution < 1.29 is 27.5 Å². The van der Waals surface area contributed by atoms with Crippen molar-refractivity contribution in [2.24, 2.45) is 11.8 Å². The number of hydrogen-bond acceptors (Lipinski definition) is 6. The molecular weight excluding hydrogens is 458 g/mol. The summed E-state index contributed by atoms with van der Waals surface area (Å²) in [6, 6.07) is 11.1. The first-order valence-corrected chi connectivity index (χ1v) is 12.6. The van der Waals surface area contributed by atoms with Crippen LogP contribution in [-0.4, -0.2) is 44.7 Å². The zero-order valence-corrected chi connectivity index (χ0v) is 19.9. The average molecular weight is 486 g/mol. The molecule has 1 saturated heterocycles. The monoisotopic (exact) mass is 485 g/mol. The maximum Gasteiger partial charge on any atom is 0.262 e. The Bertz CT molecular complexity index is 1220. The van der Waals surface area contributed by atoms with Gasteiger partial charge in [0.2, 0.25) is 17.7 Å². The molecule has 2 N–H and O–H groups in total. The van der Waals surface area contributed by atoms with Crippen molar-refractivity contribution in [3.63, 3.8) is 0 Å². The summed E-state index contributed by atoms with van der Waals surface area (Å²) in [7, 11) is -2.55. The van der Waals surface area contributed by atoms with Gasteiger partial charge in [0.25, 0.3) is 10.0 Å². The summed E-state index contributed by atoms with van der Waals surface area (Å²) in [6.07, 6.45) is 3.16. The quantitative estimate of drug-likeness (QED) is 0.582. The van der Waals surface area contributed by atoms with Gasteiger partial charge in [-0.25, -0.2) is 8.42 Å².